The number of nitrogens with one attached hydrogen (secondary N) is 2. The molecule has 2 amide bonds. The molecular weight excluding hydrogens is 476 g/mol. The van der Waals surface area contributed by atoms with E-state index in [1.807, 2.05) is 42.5 Å². The number of carbonyl (C=O) groups is 3. The van der Waals surface area contributed by atoms with Crippen molar-refractivity contribution in [1.29, 1.82) is 0 Å². The van der Waals surface area contributed by atoms with Crippen molar-refractivity contribution in [2.45, 2.75) is 78.4 Å². The number of esters is 1. The topological polar surface area (TPSA) is 112 Å². The second-order valence-corrected chi connectivity index (χ2v) is 10.4. The summed E-state index contributed by atoms with van der Waals surface area (Å²) in [6, 6.07) is 15.5. The lowest BCUT2D eigenvalue weighted by atomic mass is 10.1. The van der Waals surface area contributed by atoms with Crippen molar-refractivity contribution in [3.05, 3.63) is 65.7 Å². The van der Waals surface area contributed by atoms with Crippen LogP contribution in [-0.2, 0) is 32.2 Å². The molecule has 2 N–H and O–H groups in total. The highest BCUT2D eigenvalue weighted by atomic mass is 16.6. The predicted molar refractivity (Wildman–Crippen MR) is 139 cm³/mol. The van der Waals surface area contributed by atoms with Crippen molar-refractivity contribution in [3.8, 4) is 5.75 Å². The van der Waals surface area contributed by atoms with Gasteiger partial charge in [0.05, 0.1) is 6.61 Å². The molecule has 0 aliphatic heterocycles. The van der Waals surface area contributed by atoms with Gasteiger partial charge in [-0.2, -0.15) is 0 Å². The Balaban J connectivity index is 1.87. The summed E-state index contributed by atoms with van der Waals surface area (Å²) in [5.41, 5.74) is 0.425. The molecule has 0 spiro atoms. The van der Waals surface area contributed by atoms with Gasteiger partial charge in [0.1, 0.15) is 29.6 Å². The summed E-state index contributed by atoms with van der Waals surface area (Å²) in [5.74, 6) is 0.00642. The standard InChI is InChI=1S/C28H38N2O7/c1-27(2,3)36-24(31)23(30-26(33)35-19-21-10-8-7-9-11-21)16-17-34-22-14-12-20(13-15-22)18-29-25(32)37-28(4,5)6/h7-15,23H,16-19H2,1-6H3,(H,29,32)(H,30,33)/t23-/m0/s1. The van der Waals surface area contributed by atoms with Crippen LogP contribution < -0.4 is 15.4 Å². The third-order valence-corrected chi connectivity index (χ3v) is 4.63. The Kier molecular flexibility index (Phi) is 10.8. The number of carbonyl (C=O) groups excluding carboxylic acids is 3. The van der Waals surface area contributed by atoms with Crippen LogP contribution in [0.15, 0.2) is 54.6 Å². The van der Waals surface area contributed by atoms with Crippen LogP contribution in [-0.4, -0.2) is 42.0 Å². The number of alkyl carbamates (subject to hydrolysis) is 2. The van der Waals surface area contributed by atoms with Crippen molar-refractivity contribution in [2.75, 3.05) is 6.61 Å². The lowest BCUT2D eigenvalue weighted by molar-refractivity contribution is -0.157. The Morgan fingerprint density at radius 3 is 2.00 bits per heavy atom. The maximum atomic E-state index is 12.7. The molecule has 0 unspecified atom stereocenters. The van der Waals surface area contributed by atoms with E-state index in [4.69, 9.17) is 18.9 Å². The van der Waals surface area contributed by atoms with E-state index < -0.39 is 35.4 Å². The molecular formula is C28H38N2O7. The molecule has 0 bridgehead atoms. The summed E-state index contributed by atoms with van der Waals surface area (Å²) < 4.78 is 21.7. The Hall–Kier alpha value is -3.75. The fourth-order valence-electron chi connectivity index (χ4n) is 3.02. The van der Waals surface area contributed by atoms with Gasteiger partial charge >= 0.3 is 18.2 Å². The van der Waals surface area contributed by atoms with E-state index in [0.29, 0.717) is 12.3 Å². The maximum Gasteiger partial charge on any atom is 0.408 e. The van der Waals surface area contributed by atoms with Crippen LogP contribution in [0.5, 0.6) is 5.75 Å². The first kappa shape index (κ1) is 29.5. The minimum absolute atomic E-state index is 0.0827. The molecule has 1 atom stereocenters. The summed E-state index contributed by atoms with van der Waals surface area (Å²) in [6.07, 6.45) is -1.03. The summed E-state index contributed by atoms with van der Waals surface area (Å²) in [6.45, 7) is 11.2. The van der Waals surface area contributed by atoms with Crippen LogP contribution in [0.2, 0.25) is 0 Å². The molecule has 0 saturated heterocycles. The van der Waals surface area contributed by atoms with Crippen molar-refractivity contribution < 1.29 is 33.3 Å². The molecule has 2 aromatic rings. The Morgan fingerprint density at radius 2 is 1.41 bits per heavy atom. The highest BCUT2D eigenvalue weighted by Crippen LogP contribution is 2.15. The van der Waals surface area contributed by atoms with Crippen molar-refractivity contribution in [2.24, 2.45) is 0 Å². The van der Waals surface area contributed by atoms with E-state index in [9.17, 15) is 14.4 Å². The van der Waals surface area contributed by atoms with Crippen LogP contribution in [0.1, 0.15) is 59.1 Å². The first-order valence-corrected chi connectivity index (χ1v) is 12.2. The Bertz CT molecular complexity index is 1010. The van der Waals surface area contributed by atoms with E-state index in [1.54, 1.807) is 53.7 Å². The summed E-state index contributed by atoms with van der Waals surface area (Å²) in [7, 11) is 0. The quantitative estimate of drug-likeness (QED) is 0.334. The van der Waals surface area contributed by atoms with Gasteiger partial charge in [-0.3, -0.25) is 0 Å². The molecule has 0 heterocycles. The molecule has 2 aromatic carbocycles. The monoisotopic (exact) mass is 514 g/mol. The average Bonchev–Trinajstić information content (AvgIpc) is 2.80. The lowest BCUT2D eigenvalue weighted by Gasteiger charge is -2.24. The number of hydrogen-bond donors (Lipinski definition) is 2. The van der Waals surface area contributed by atoms with Gasteiger partial charge in [0, 0.05) is 13.0 Å². The van der Waals surface area contributed by atoms with Gasteiger partial charge in [-0.05, 0) is 64.8 Å². The van der Waals surface area contributed by atoms with Crippen molar-refractivity contribution >= 4 is 18.2 Å². The molecule has 0 radical (unpaired) electrons. The molecule has 0 aliphatic rings. The van der Waals surface area contributed by atoms with Crippen LogP contribution >= 0.6 is 0 Å². The summed E-state index contributed by atoms with van der Waals surface area (Å²) >= 11 is 0. The lowest BCUT2D eigenvalue weighted by Crippen LogP contribution is -2.45. The maximum absolute atomic E-state index is 12.7. The fraction of sp³-hybridized carbons (Fsp3) is 0.464. The number of hydrogen-bond acceptors (Lipinski definition) is 7. The number of amides is 2. The zero-order valence-electron chi connectivity index (χ0n) is 22.5. The molecule has 202 valence electrons. The molecule has 0 aliphatic carbocycles. The first-order chi connectivity index (χ1) is 17.3. The van der Waals surface area contributed by atoms with Crippen LogP contribution in [0.25, 0.3) is 0 Å². The van der Waals surface area contributed by atoms with Crippen molar-refractivity contribution in [3.63, 3.8) is 0 Å². The average molecular weight is 515 g/mol. The molecule has 9 heteroatoms. The summed E-state index contributed by atoms with van der Waals surface area (Å²) in [4.78, 5) is 36.8. The molecule has 0 fully saturated rings. The first-order valence-electron chi connectivity index (χ1n) is 12.2. The third-order valence-electron chi connectivity index (χ3n) is 4.63. The number of rotatable bonds is 10. The highest BCUT2D eigenvalue weighted by molar-refractivity contribution is 5.81. The largest absolute Gasteiger partial charge is 0.494 e. The Labute approximate surface area is 218 Å². The minimum Gasteiger partial charge on any atom is -0.494 e. The van der Waals surface area contributed by atoms with Gasteiger partial charge in [-0.25, -0.2) is 14.4 Å². The van der Waals surface area contributed by atoms with Crippen LogP contribution in [0, 0.1) is 0 Å². The molecule has 37 heavy (non-hydrogen) atoms. The highest BCUT2D eigenvalue weighted by Gasteiger charge is 2.27. The van der Waals surface area contributed by atoms with Crippen molar-refractivity contribution in [1.82, 2.24) is 10.6 Å². The number of benzene rings is 2. The van der Waals surface area contributed by atoms with Gasteiger partial charge in [0.15, 0.2) is 0 Å². The third kappa shape index (κ3) is 12.7. The van der Waals surface area contributed by atoms with Crippen LogP contribution in [0.3, 0.4) is 0 Å². The SMILES string of the molecule is CC(C)(C)OC(=O)NCc1ccc(OCC[C@H](NC(=O)OCc2ccccc2)C(=O)OC(C)(C)C)cc1. The fourth-order valence-corrected chi connectivity index (χ4v) is 3.02. The smallest absolute Gasteiger partial charge is 0.408 e. The summed E-state index contributed by atoms with van der Waals surface area (Å²) in [5, 5.41) is 5.28. The van der Waals surface area contributed by atoms with Crippen LogP contribution in [0.4, 0.5) is 9.59 Å². The number of ether oxygens (including phenoxy) is 4. The van der Waals surface area contributed by atoms with Gasteiger partial charge in [0.2, 0.25) is 0 Å². The molecule has 0 saturated carbocycles. The predicted octanol–water partition coefficient (Wildman–Crippen LogP) is 5.12. The van der Waals surface area contributed by atoms with Gasteiger partial charge in [-0.1, -0.05) is 42.5 Å². The van der Waals surface area contributed by atoms with E-state index >= 15 is 0 Å². The molecule has 9 nitrogen and oxygen atoms in total. The second-order valence-electron chi connectivity index (χ2n) is 10.4. The molecule has 2 rings (SSSR count). The van der Waals surface area contributed by atoms with E-state index in [2.05, 4.69) is 10.6 Å². The second kappa shape index (κ2) is 13.5. The molecule has 0 aromatic heterocycles. The zero-order valence-corrected chi connectivity index (χ0v) is 22.5. The van der Waals surface area contributed by atoms with E-state index in [0.717, 1.165) is 11.1 Å². The van der Waals surface area contributed by atoms with Gasteiger partial charge < -0.3 is 29.6 Å². The van der Waals surface area contributed by atoms with E-state index in [-0.39, 0.29) is 19.6 Å². The van der Waals surface area contributed by atoms with E-state index in [1.165, 1.54) is 0 Å². The van der Waals surface area contributed by atoms with Gasteiger partial charge in [0.25, 0.3) is 0 Å². The zero-order chi connectivity index (χ0) is 27.5. The normalized spacial score (nSPS) is 12.2. The van der Waals surface area contributed by atoms with Gasteiger partial charge in [-0.15, -0.1) is 0 Å². The minimum atomic E-state index is -0.945. The Morgan fingerprint density at radius 1 is 0.784 bits per heavy atom.